The molecule has 22 heavy (non-hydrogen) atoms. The first-order chi connectivity index (χ1) is 10.4. The van der Waals surface area contributed by atoms with Gasteiger partial charge in [0.2, 0.25) is 5.91 Å². The Bertz CT molecular complexity index is 760. The summed E-state index contributed by atoms with van der Waals surface area (Å²) in [6.45, 7) is 8.06. The van der Waals surface area contributed by atoms with E-state index in [-0.39, 0.29) is 18.0 Å². The van der Waals surface area contributed by atoms with Gasteiger partial charge in [-0.2, -0.15) is 0 Å². The van der Waals surface area contributed by atoms with Crippen LogP contribution in [0.3, 0.4) is 0 Å². The van der Waals surface area contributed by atoms with Crippen molar-refractivity contribution in [2.45, 2.75) is 40.7 Å². The van der Waals surface area contributed by atoms with E-state index in [1.54, 1.807) is 0 Å². The van der Waals surface area contributed by atoms with E-state index in [0.29, 0.717) is 12.0 Å². The van der Waals surface area contributed by atoms with Gasteiger partial charge in [-0.05, 0) is 56.0 Å². The summed E-state index contributed by atoms with van der Waals surface area (Å²) in [5, 5.41) is 2.82. The van der Waals surface area contributed by atoms with Crippen molar-refractivity contribution in [2.24, 2.45) is 0 Å². The lowest BCUT2D eigenvalue weighted by molar-refractivity contribution is -0.120. The fourth-order valence-electron chi connectivity index (χ4n) is 2.45. The molecule has 0 unspecified atom stereocenters. The maximum Gasteiger partial charge on any atom is 0.253 e. The van der Waals surface area contributed by atoms with E-state index in [9.17, 15) is 9.59 Å². The Morgan fingerprint density at radius 1 is 1.05 bits per heavy atom. The molecule has 1 heterocycles. The standard InChI is InChI=1S/C18H22N2O2/c1-11-5-6-15(8-12(11)2)9-17(21)19-10-16-13(3)7-14(4)20-18(16)22/h5-8H,9-10H2,1-4H3,(H,19,21)(H,20,22). The average molecular weight is 298 g/mol. The summed E-state index contributed by atoms with van der Waals surface area (Å²) in [5.41, 5.74) is 5.57. The van der Waals surface area contributed by atoms with Gasteiger partial charge in [0.25, 0.3) is 5.56 Å². The summed E-state index contributed by atoms with van der Waals surface area (Å²) in [5.74, 6) is -0.0809. The van der Waals surface area contributed by atoms with Crippen LogP contribution in [0.5, 0.6) is 0 Å². The minimum atomic E-state index is -0.135. The maximum absolute atomic E-state index is 12.0. The molecule has 0 aliphatic carbocycles. The van der Waals surface area contributed by atoms with Crippen LogP contribution in [-0.4, -0.2) is 10.9 Å². The molecular formula is C18H22N2O2. The molecule has 0 aliphatic heterocycles. The van der Waals surface area contributed by atoms with E-state index < -0.39 is 0 Å². The fraction of sp³-hybridized carbons (Fsp3) is 0.333. The minimum Gasteiger partial charge on any atom is -0.352 e. The Balaban J connectivity index is 2.01. The Kier molecular flexibility index (Phi) is 4.81. The number of aromatic nitrogens is 1. The van der Waals surface area contributed by atoms with Gasteiger partial charge in [0.1, 0.15) is 0 Å². The molecule has 0 saturated carbocycles. The number of carbonyl (C=O) groups excluding carboxylic acids is 1. The Labute approximate surface area is 130 Å². The van der Waals surface area contributed by atoms with Crippen molar-refractivity contribution in [3.05, 3.63) is 68.1 Å². The van der Waals surface area contributed by atoms with Crippen molar-refractivity contribution < 1.29 is 4.79 Å². The topological polar surface area (TPSA) is 62.0 Å². The third-order valence-electron chi connectivity index (χ3n) is 3.89. The first-order valence-corrected chi connectivity index (χ1v) is 7.39. The summed E-state index contributed by atoms with van der Waals surface area (Å²) >= 11 is 0. The highest BCUT2D eigenvalue weighted by atomic mass is 16.1. The van der Waals surface area contributed by atoms with Crippen molar-refractivity contribution in [2.75, 3.05) is 0 Å². The fourth-order valence-corrected chi connectivity index (χ4v) is 2.45. The minimum absolute atomic E-state index is 0.0809. The number of H-pyrrole nitrogens is 1. The Hall–Kier alpha value is -2.36. The van der Waals surface area contributed by atoms with Crippen LogP contribution in [0.4, 0.5) is 0 Å². The number of hydrogen-bond donors (Lipinski definition) is 2. The van der Waals surface area contributed by atoms with Gasteiger partial charge < -0.3 is 10.3 Å². The molecule has 0 aliphatic rings. The Morgan fingerprint density at radius 3 is 2.41 bits per heavy atom. The molecule has 116 valence electrons. The van der Waals surface area contributed by atoms with Crippen molar-refractivity contribution >= 4 is 5.91 Å². The van der Waals surface area contributed by atoms with Gasteiger partial charge in [-0.15, -0.1) is 0 Å². The number of carbonyl (C=O) groups is 1. The number of aromatic amines is 1. The highest BCUT2D eigenvalue weighted by Gasteiger charge is 2.08. The van der Waals surface area contributed by atoms with Gasteiger partial charge in [0.05, 0.1) is 6.42 Å². The van der Waals surface area contributed by atoms with Crippen molar-refractivity contribution in [1.82, 2.24) is 10.3 Å². The van der Waals surface area contributed by atoms with Crippen LogP contribution in [0.25, 0.3) is 0 Å². The first kappa shape index (κ1) is 16.0. The van der Waals surface area contributed by atoms with Crippen LogP contribution in [0, 0.1) is 27.7 Å². The highest BCUT2D eigenvalue weighted by Crippen LogP contribution is 2.10. The molecular weight excluding hydrogens is 276 g/mol. The lowest BCUT2D eigenvalue weighted by Crippen LogP contribution is -2.29. The van der Waals surface area contributed by atoms with Gasteiger partial charge >= 0.3 is 0 Å². The highest BCUT2D eigenvalue weighted by molar-refractivity contribution is 5.78. The van der Waals surface area contributed by atoms with E-state index in [0.717, 1.165) is 16.8 Å². The predicted molar refractivity (Wildman–Crippen MR) is 88.0 cm³/mol. The zero-order valence-corrected chi connectivity index (χ0v) is 13.5. The number of pyridine rings is 1. The van der Waals surface area contributed by atoms with Gasteiger partial charge in [0, 0.05) is 17.8 Å². The molecule has 4 heteroatoms. The summed E-state index contributed by atoms with van der Waals surface area (Å²) < 4.78 is 0. The second-order valence-corrected chi connectivity index (χ2v) is 5.82. The molecule has 0 radical (unpaired) electrons. The number of amides is 1. The lowest BCUT2D eigenvalue weighted by Gasteiger charge is -2.09. The van der Waals surface area contributed by atoms with Crippen LogP contribution in [0.15, 0.2) is 29.1 Å². The van der Waals surface area contributed by atoms with E-state index in [1.807, 2.05) is 52.0 Å². The molecule has 2 aromatic rings. The molecule has 1 aromatic heterocycles. The first-order valence-electron chi connectivity index (χ1n) is 7.39. The third-order valence-corrected chi connectivity index (χ3v) is 3.89. The zero-order chi connectivity index (χ0) is 16.3. The SMILES string of the molecule is Cc1cc(C)c(CNC(=O)Cc2ccc(C)c(C)c2)c(=O)[nH]1. The number of rotatable bonds is 4. The number of hydrogen-bond acceptors (Lipinski definition) is 2. The second-order valence-electron chi connectivity index (χ2n) is 5.82. The van der Waals surface area contributed by atoms with E-state index >= 15 is 0 Å². The van der Waals surface area contributed by atoms with Crippen LogP contribution < -0.4 is 10.9 Å². The quantitative estimate of drug-likeness (QED) is 0.911. The van der Waals surface area contributed by atoms with E-state index in [4.69, 9.17) is 0 Å². The molecule has 2 rings (SSSR count). The molecule has 1 amide bonds. The average Bonchev–Trinajstić information content (AvgIpc) is 2.41. The van der Waals surface area contributed by atoms with Gasteiger partial charge in [-0.1, -0.05) is 18.2 Å². The van der Waals surface area contributed by atoms with Gasteiger partial charge in [-0.3, -0.25) is 9.59 Å². The van der Waals surface area contributed by atoms with Crippen LogP contribution in [-0.2, 0) is 17.8 Å². The van der Waals surface area contributed by atoms with Crippen LogP contribution in [0.1, 0.15) is 33.5 Å². The predicted octanol–water partition coefficient (Wildman–Crippen LogP) is 2.47. The van der Waals surface area contributed by atoms with Crippen molar-refractivity contribution in [3.63, 3.8) is 0 Å². The van der Waals surface area contributed by atoms with Crippen LogP contribution >= 0.6 is 0 Å². The number of nitrogens with one attached hydrogen (secondary N) is 2. The second kappa shape index (κ2) is 6.60. The van der Waals surface area contributed by atoms with Crippen LogP contribution in [0.2, 0.25) is 0 Å². The molecule has 0 spiro atoms. The van der Waals surface area contributed by atoms with Gasteiger partial charge in [0.15, 0.2) is 0 Å². The lowest BCUT2D eigenvalue weighted by atomic mass is 10.0. The summed E-state index contributed by atoms with van der Waals surface area (Å²) in [7, 11) is 0. The molecule has 0 fully saturated rings. The monoisotopic (exact) mass is 298 g/mol. The number of benzene rings is 1. The third kappa shape index (κ3) is 3.85. The van der Waals surface area contributed by atoms with Crippen molar-refractivity contribution in [1.29, 1.82) is 0 Å². The normalized spacial score (nSPS) is 10.5. The molecule has 4 nitrogen and oxygen atoms in total. The zero-order valence-electron chi connectivity index (χ0n) is 13.5. The van der Waals surface area contributed by atoms with E-state index in [1.165, 1.54) is 11.1 Å². The maximum atomic E-state index is 12.0. The molecule has 0 saturated heterocycles. The summed E-state index contributed by atoms with van der Waals surface area (Å²) in [6, 6.07) is 7.92. The van der Waals surface area contributed by atoms with Gasteiger partial charge in [-0.25, -0.2) is 0 Å². The Morgan fingerprint density at radius 2 is 1.77 bits per heavy atom. The smallest absolute Gasteiger partial charge is 0.253 e. The van der Waals surface area contributed by atoms with E-state index in [2.05, 4.69) is 10.3 Å². The molecule has 0 atom stereocenters. The molecule has 2 N–H and O–H groups in total. The largest absolute Gasteiger partial charge is 0.352 e. The summed E-state index contributed by atoms with van der Waals surface area (Å²) in [4.78, 5) is 26.7. The molecule has 1 aromatic carbocycles. The van der Waals surface area contributed by atoms with Crippen molar-refractivity contribution in [3.8, 4) is 0 Å². The molecule has 0 bridgehead atoms. The number of aryl methyl sites for hydroxylation is 4. The summed E-state index contributed by atoms with van der Waals surface area (Å²) in [6.07, 6.45) is 0.323.